The average Bonchev–Trinajstić information content (AvgIpc) is 3.59. The molecule has 15 heteroatoms. The van der Waals surface area contributed by atoms with E-state index >= 15 is 0 Å². The molecule has 0 aliphatic carbocycles. The zero-order valence-corrected chi connectivity index (χ0v) is 23.4. The van der Waals surface area contributed by atoms with E-state index in [0.29, 0.717) is 11.5 Å². The first-order valence-corrected chi connectivity index (χ1v) is 13.3. The minimum Gasteiger partial charge on any atom is -0.368 e. The number of benzene rings is 1. The number of carbonyl (C=O) groups is 5. The molecule has 1 saturated heterocycles. The van der Waals surface area contributed by atoms with Crippen molar-refractivity contribution in [3.8, 4) is 11.3 Å². The summed E-state index contributed by atoms with van der Waals surface area (Å²) in [4.78, 5) is 66.5. The van der Waals surface area contributed by atoms with Gasteiger partial charge < -0.3 is 26.2 Å². The molecule has 2 aliphatic rings. The zero-order chi connectivity index (χ0) is 31.1. The Balaban J connectivity index is 1.64. The van der Waals surface area contributed by atoms with Crippen LogP contribution in [0.15, 0.2) is 36.4 Å². The predicted molar refractivity (Wildman–Crippen MR) is 143 cm³/mol. The number of hydrogen-bond donors (Lipinski definition) is 3. The topological polar surface area (TPSA) is 160 Å². The molecule has 2 aromatic rings. The molecule has 4 atom stereocenters. The van der Waals surface area contributed by atoms with Gasteiger partial charge in [0.2, 0.25) is 17.7 Å². The number of carbonyl (C=O) groups excluding carboxylic acids is 5. The monoisotopic (exact) mass is 591 g/mol. The number of nitrogens with zero attached hydrogens (tertiary/aromatic N) is 4. The lowest BCUT2D eigenvalue weighted by Crippen LogP contribution is -2.57. The average molecular weight is 592 g/mol. The summed E-state index contributed by atoms with van der Waals surface area (Å²) in [5.74, 6) is -5.12. The van der Waals surface area contributed by atoms with Crippen LogP contribution in [-0.4, -0.2) is 87.0 Å². The number of fused-ring (bicyclic) bond motifs is 2. The van der Waals surface area contributed by atoms with Crippen LogP contribution in [0.1, 0.15) is 33.6 Å². The van der Waals surface area contributed by atoms with Gasteiger partial charge in [0.1, 0.15) is 23.9 Å². The molecule has 1 aromatic heterocycles. The third-order valence-electron chi connectivity index (χ3n) is 7.57. The number of anilines is 1. The van der Waals surface area contributed by atoms with Crippen LogP contribution in [0, 0.1) is 5.92 Å². The quantitative estimate of drug-likeness (QED) is 0.419. The Kier molecular flexibility index (Phi) is 8.07. The summed E-state index contributed by atoms with van der Waals surface area (Å²) in [6.45, 7) is 4.33. The lowest BCUT2D eigenvalue weighted by molar-refractivity contribution is -0.175. The number of amides is 5. The van der Waals surface area contributed by atoms with Crippen molar-refractivity contribution in [2.75, 3.05) is 18.9 Å². The van der Waals surface area contributed by atoms with Crippen molar-refractivity contribution in [1.82, 2.24) is 24.9 Å². The van der Waals surface area contributed by atoms with Crippen molar-refractivity contribution >= 4 is 35.4 Å². The smallest absolute Gasteiger partial charge is 0.368 e. The van der Waals surface area contributed by atoms with Crippen LogP contribution in [0.25, 0.3) is 11.3 Å². The predicted octanol–water partition coefficient (Wildman–Crippen LogP) is 1.22. The first-order chi connectivity index (χ1) is 19.6. The molecule has 0 radical (unpaired) electrons. The van der Waals surface area contributed by atoms with E-state index in [1.54, 1.807) is 25.2 Å². The second-order valence-corrected chi connectivity index (χ2v) is 11.1. The van der Waals surface area contributed by atoms with E-state index in [2.05, 4.69) is 10.4 Å². The number of primary amides is 1. The minimum atomic E-state index is -5.20. The summed E-state index contributed by atoms with van der Waals surface area (Å²) in [6, 6.07) is 6.78. The highest BCUT2D eigenvalue weighted by atomic mass is 19.4. The van der Waals surface area contributed by atoms with E-state index in [-0.39, 0.29) is 25.3 Å². The molecule has 5 amide bonds. The summed E-state index contributed by atoms with van der Waals surface area (Å²) in [5, 5.41) is 8.97. The van der Waals surface area contributed by atoms with E-state index in [4.69, 9.17) is 5.73 Å². The molecule has 0 bridgehead atoms. The molecule has 4 rings (SSSR count). The summed E-state index contributed by atoms with van der Waals surface area (Å²) in [5.41, 5.74) is 5.57. The summed E-state index contributed by atoms with van der Waals surface area (Å²) in [7, 11) is 1.23. The Morgan fingerprint density at radius 1 is 1.19 bits per heavy atom. The maximum Gasteiger partial charge on any atom is 0.471 e. The highest BCUT2D eigenvalue weighted by molar-refractivity contribution is 6.03. The van der Waals surface area contributed by atoms with E-state index in [0.717, 1.165) is 22.3 Å². The Morgan fingerprint density at radius 2 is 1.83 bits per heavy atom. The van der Waals surface area contributed by atoms with Gasteiger partial charge in [-0.3, -0.25) is 24.0 Å². The van der Waals surface area contributed by atoms with Gasteiger partial charge in [-0.1, -0.05) is 44.2 Å². The number of likely N-dealkylation sites (tertiary alicyclic amines) is 1. The van der Waals surface area contributed by atoms with Crippen molar-refractivity contribution in [2.24, 2.45) is 11.7 Å². The Labute approximate surface area is 239 Å². The molecule has 12 nitrogen and oxygen atoms in total. The Bertz CT molecular complexity index is 1410. The first kappa shape index (κ1) is 30.5. The van der Waals surface area contributed by atoms with Gasteiger partial charge in [-0.2, -0.15) is 18.3 Å². The molecule has 4 N–H and O–H groups in total. The van der Waals surface area contributed by atoms with Crippen LogP contribution in [-0.2, 0) is 29.5 Å². The number of aromatic nitrogens is 2. The van der Waals surface area contributed by atoms with Crippen LogP contribution < -0.4 is 16.4 Å². The normalized spacial score (nSPS) is 21.2. The second-order valence-electron chi connectivity index (χ2n) is 11.1. The van der Waals surface area contributed by atoms with Crippen LogP contribution in [0.3, 0.4) is 0 Å². The van der Waals surface area contributed by atoms with Crippen LogP contribution in [0.4, 0.5) is 19.0 Å². The summed E-state index contributed by atoms with van der Waals surface area (Å²) < 4.78 is 39.7. The van der Waals surface area contributed by atoms with Gasteiger partial charge in [-0.05, 0) is 19.3 Å². The van der Waals surface area contributed by atoms with E-state index in [1.165, 1.54) is 11.7 Å². The van der Waals surface area contributed by atoms with Crippen molar-refractivity contribution in [3.05, 3.63) is 36.4 Å². The lowest BCUT2D eigenvalue weighted by atomic mass is 9.96. The fourth-order valence-corrected chi connectivity index (χ4v) is 5.43. The highest BCUT2D eigenvalue weighted by Crippen LogP contribution is 2.42. The maximum absolute atomic E-state index is 14.0. The van der Waals surface area contributed by atoms with Crippen LogP contribution in [0.2, 0.25) is 0 Å². The number of alkyl halides is 3. The van der Waals surface area contributed by atoms with Gasteiger partial charge in [0.25, 0.3) is 5.91 Å². The molecule has 1 spiro atoms. The molecule has 1 aromatic carbocycles. The fourth-order valence-electron chi connectivity index (χ4n) is 5.43. The van der Waals surface area contributed by atoms with Gasteiger partial charge in [0, 0.05) is 25.1 Å². The molecule has 226 valence electrons. The van der Waals surface area contributed by atoms with Crippen molar-refractivity contribution < 1.29 is 37.1 Å². The van der Waals surface area contributed by atoms with E-state index in [9.17, 15) is 37.1 Å². The number of likely N-dealkylation sites (N-methyl/N-ethyl adjacent to an activating group) is 1. The SMILES string of the molecule is CC(C)C[C@@H](C(=O)N1C[C@]2(C[C@H]1C(N)=O)C(=O)Nc1cc(-c3ccccc3)nn12)N(C)C(=O)[C@H](C)NC(=O)C(F)(F)F. The second kappa shape index (κ2) is 11.1. The molecule has 0 saturated carbocycles. The van der Waals surface area contributed by atoms with Gasteiger partial charge in [0.05, 0.1) is 12.2 Å². The van der Waals surface area contributed by atoms with E-state index in [1.807, 2.05) is 30.3 Å². The standard InChI is InChI=1S/C27H32F3N7O5/c1-14(2)10-18(35(4)22(39)15(3)32-25(42)27(28,29)30)23(40)36-13-26(12-19(36)21(31)38)24(41)33-20-11-17(34-37(20)26)16-8-6-5-7-9-16/h5-9,11,14-15,18-19H,10,12-13H2,1-4H3,(H2,31,38)(H,32,42)(H,33,41)/t15-,18-,19-,26+/m0/s1. The Hall–Kier alpha value is -4.43. The first-order valence-electron chi connectivity index (χ1n) is 13.3. The van der Waals surface area contributed by atoms with Gasteiger partial charge in [0.15, 0.2) is 5.54 Å². The largest absolute Gasteiger partial charge is 0.471 e. The molecule has 3 heterocycles. The fraction of sp³-hybridized carbons (Fsp3) is 0.481. The molecule has 1 fully saturated rings. The molecule has 0 unspecified atom stereocenters. The third-order valence-corrected chi connectivity index (χ3v) is 7.57. The lowest BCUT2D eigenvalue weighted by Gasteiger charge is -2.35. The molecule has 2 aliphatic heterocycles. The van der Waals surface area contributed by atoms with Crippen LogP contribution >= 0.6 is 0 Å². The Morgan fingerprint density at radius 3 is 2.40 bits per heavy atom. The summed E-state index contributed by atoms with van der Waals surface area (Å²) >= 11 is 0. The third kappa shape index (κ3) is 5.54. The number of halogens is 3. The number of rotatable bonds is 8. The highest BCUT2D eigenvalue weighted by Gasteiger charge is 2.59. The number of hydrogen-bond acceptors (Lipinski definition) is 6. The molecular formula is C27H32F3N7O5. The summed E-state index contributed by atoms with van der Waals surface area (Å²) in [6.07, 6.45) is -5.30. The van der Waals surface area contributed by atoms with Crippen LogP contribution in [0.5, 0.6) is 0 Å². The zero-order valence-electron chi connectivity index (χ0n) is 23.4. The van der Waals surface area contributed by atoms with Gasteiger partial charge in [-0.15, -0.1) is 0 Å². The molecule has 42 heavy (non-hydrogen) atoms. The molecular weight excluding hydrogens is 559 g/mol. The van der Waals surface area contributed by atoms with Crippen molar-refractivity contribution in [1.29, 1.82) is 0 Å². The minimum absolute atomic E-state index is 0.0768. The van der Waals surface area contributed by atoms with Crippen molar-refractivity contribution in [2.45, 2.75) is 63.5 Å². The van der Waals surface area contributed by atoms with E-state index < -0.39 is 59.4 Å². The van der Waals surface area contributed by atoms with Gasteiger partial charge >= 0.3 is 12.1 Å². The maximum atomic E-state index is 14.0. The number of nitrogens with one attached hydrogen (secondary N) is 2. The van der Waals surface area contributed by atoms with Gasteiger partial charge in [-0.25, -0.2) is 4.68 Å². The number of nitrogens with two attached hydrogens (primary N) is 1. The van der Waals surface area contributed by atoms with Crippen molar-refractivity contribution in [3.63, 3.8) is 0 Å².